The summed E-state index contributed by atoms with van der Waals surface area (Å²) in [5.74, 6) is 1.68. The molecule has 45 heavy (non-hydrogen) atoms. The average molecular weight is 594 g/mol. The van der Waals surface area contributed by atoms with E-state index < -0.39 is 0 Å². The zero-order valence-corrected chi connectivity index (χ0v) is 25.7. The van der Waals surface area contributed by atoms with Crippen LogP contribution >= 0.6 is 11.3 Å². The number of nitrogens with zero attached hydrogens (tertiary/aromatic N) is 3. The van der Waals surface area contributed by atoms with Gasteiger partial charge in [0.1, 0.15) is 0 Å². The Bertz CT molecular complexity index is 2680. The van der Waals surface area contributed by atoms with E-state index in [1.54, 1.807) is 11.3 Å². The summed E-state index contributed by atoms with van der Waals surface area (Å²) in [6.45, 7) is 4.76. The van der Waals surface area contributed by atoms with Crippen LogP contribution in [-0.2, 0) is 5.41 Å². The maximum Gasteiger partial charge on any atom is 0.162 e. The molecular formula is C41H27N3S. The Balaban J connectivity index is 1.34. The summed E-state index contributed by atoms with van der Waals surface area (Å²) in [6.07, 6.45) is 0. The Morgan fingerprint density at radius 1 is 0.600 bits per heavy atom. The van der Waals surface area contributed by atoms with Gasteiger partial charge in [0.15, 0.2) is 11.6 Å². The molecule has 0 aliphatic heterocycles. The molecule has 3 heterocycles. The minimum absolute atomic E-state index is 0.158. The lowest BCUT2D eigenvalue weighted by molar-refractivity contribution is 0.667. The van der Waals surface area contributed by atoms with E-state index in [0.29, 0.717) is 0 Å². The molecule has 0 N–H and O–H groups in total. The van der Waals surface area contributed by atoms with Crippen LogP contribution in [0, 0.1) is 0 Å². The fourth-order valence-corrected chi connectivity index (χ4v) is 8.85. The molecule has 0 atom stereocenters. The van der Waals surface area contributed by atoms with Crippen molar-refractivity contribution < 1.29 is 0 Å². The molecule has 1 aliphatic rings. The standard InChI is InChI=1S/C41H27N3S/c1-41(2)32-23-34-31(22-30(32)28-21-20-24-12-6-7-15-26(24)36(28)41)27-16-8-10-18-33(27)44(34)40-38-37(29-17-9-11-19-35(29)45-38)42-39(43-40)25-13-4-3-5-14-25/h3-23H,1-2H3. The molecule has 0 saturated carbocycles. The molecule has 0 saturated heterocycles. The number of aromatic nitrogens is 3. The van der Waals surface area contributed by atoms with Gasteiger partial charge in [-0.15, -0.1) is 11.3 Å². The lowest BCUT2D eigenvalue weighted by atomic mass is 9.80. The maximum absolute atomic E-state index is 5.38. The molecule has 0 bridgehead atoms. The second-order valence-corrected chi connectivity index (χ2v) is 13.7. The van der Waals surface area contributed by atoms with Crippen molar-refractivity contribution in [2.24, 2.45) is 0 Å². The van der Waals surface area contributed by atoms with Crippen molar-refractivity contribution in [3.63, 3.8) is 0 Å². The van der Waals surface area contributed by atoms with Crippen LogP contribution < -0.4 is 0 Å². The Morgan fingerprint density at radius 3 is 2.20 bits per heavy atom. The monoisotopic (exact) mass is 593 g/mol. The van der Waals surface area contributed by atoms with E-state index >= 15 is 0 Å². The van der Waals surface area contributed by atoms with E-state index in [1.165, 1.54) is 59.4 Å². The van der Waals surface area contributed by atoms with Gasteiger partial charge in [0.05, 0.1) is 21.3 Å². The summed E-state index contributed by atoms with van der Waals surface area (Å²) in [7, 11) is 0. The van der Waals surface area contributed by atoms with E-state index in [4.69, 9.17) is 9.97 Å². The van der Waals surface area contributed by atoms with Gasteiger partial charge in [-0.3, -0.25) is 4.57 Å². The zero-order chi connectivity index (χ0) is 29.9. The predicted octanol–water partition coefficient (Wildman–Crippen LogP) is 11.1. The highest BCUT2D eigenvalue weighted by Crippen LogP contribution is 2.53. The van der Waals surface area contributed by atoms with Gasteiger partial charge in [-0.1, -0.05) is 117 Å². The second-order valence-electron chi connectivity index (χ2n) is 12.6. The van der Waals surface area contributed by atoms with Crippen molar-refractivity contribution in [1.82, 2.24) is 14.5 Å². The molecule has 0 radical (unpaired) electrons. The van der Waals surface area contributed by atoms with Gasteiger partial charge >= 0.3 is 0 Å². The number of hydrogen-bond donors (Lipinski definition) is 0. The van der Waals surface area contributed by atoms with Gasteiger partial charge in [-0.25, -0.2) is 9.97 Å². The Labute approximate surface area is 264 Å². The van der Waals surface area contributed by atoms with E-state index in [2.05, 4.69) is 140 Å². The normalized spacial score (nSPS) is 13.7. The molecule has 9 aromatic rings. The van der Waals surface area contributed by atoms with E-state index in [9.17, 15) is 0 Å². The number of para-hydroxylation sites is 1. The lowest BCUT2D eigenvalue weighted by Gasteiger charge is -2.23. The van der Waals surface area contributed by atoms with Crippen LogP contribution in [0.2, 0.25) is 0 Å². The van der Waals surface area contributed by atoms with E-state index in [1.807, 2.05) is 6.07 Å². The van der Waals surface area contributed by atoms with Crippen molar-refractivity contribution in [3.05, 3.63) is 139 Å². The van der Waals surface area contributed by atoms with Gasteiger partial charge in [0, 0.05) is 31.8 Å². The Morgan fingerprint density at radius 2 is 1.33 bits per heavy atom. The fourth-order valence-electron chi connectivity index (χ4n) is 7.73. The first kappa shape index (κ1) is 25.1. The third-order valence-corrected chi connectivity index (χ3v) is 10.9. The highest BCUT2D eigenvalue weighted by Gasteiger charge is 2.38. The first-order valence-electron chi connectivity index (χ1n) is 15.4. The highest BCUT2D eigenvalue weighted by atomic mass is 32.1. The molecule has 3 aromatic heterocycles. The van der Waals surface area contributed by atoms with Crippen molar-refractivity contribution >= 4 is 64.2 Å². The molecular weight excluding hydrogens is 567 g/mol. The third-order valence-electron chi connectivity index (χ3n) is 9.78. The molecule has 10 rings (SSSR count). The SMILES string of the molecule is CC1(C)c2cc3c(cc2-c2ccc4ccccc4c21)c1ccccc1n3-c1nc(-c2ccccc2)nc2c1sc1ccccc12. The number of hydrogen-bond acceptors (Lipinski definition) is 3. The molecule has 6 aromatic carbocycles. The number of thiophene rings is 1. The van der Waals surface area contributed by atoms with Crippen LogP contribution in [0.3, 0.4) is 0 Å². The minimum Gasteiger partial charge on any atom is -0.292 e. The summed E-state index contributed by atoms with van der Waals surface area (Å²) < 4.78 is 4.72. The molecule has 3 nitrogen and oxygen atoms in total. The van der Waals surface area contributed by atoms with Gasteiger partial charge in [0.2, 0.25) is 0 Å². The lowest BCUT2D eigenvalue weighted by Crippen LogP contribution is -2.15. The van der Waals surface area contributed by atoms with Gasteiger partial charge < -0.3 is 0 Å². The molecule has 4 heteroatoms. The van der Waals surface area contributed by atoms with Gasteiger partial charge in [-0.2, -0.15) is 0 Å². The molecule has 0 fully saturated rings. The molecule has 0 unspecified atom stereocenters. The zero-order valence-electron chi connectivity index (χ0n) is 24.9. The molecule has 0 amide bonds. The summed E-state index contributed by atoms with van der Waals surface area (Å²) in [5.41, 5.74) is 9.64. The molecule has 212 valence electrons. The molecule has 0 spiro atoms. The smallest absolute Gasteiger partial charge is 0.162 e. The van der Waals surface area contributed by atoms with Crippen molar-refractivity contribution in [2.45, 2.75) is 19.3 Å². The van der Waals surface area contributed by atoms with Crippen molar-refractivity contribution in [3.8, 4) is 28.3 Å². The third kappa shape index (κ3) is 3.35. The topological polar surface area (TPSA) is 30.7 Å². The Hall–Kier alpha value is -5.32. The largest absolute Gasteiger partial charge is 0.292 e. The second kappa shape index (κ2) is 8.87. The number of fused-ring (bicyclic) bond motifs is 11. The Kier molecular flexibility index (Phi) is 4.94. The van der Waals surface area contributed by atoms with Crippen molar-refractivity contribution in [1.29, 1.82) is 0 Å². The average Bonchev–Trinajstić information content (AvgIpc) is 3.69. The molecule has 1 aliphatic carbocycles. The summed E-state index contributed by atoms with van der Waals surface area (Å²) in [4.78, 5) is 10.6. The quantitative estimate of drug-likeness (QED) is 0.200. The van der Waals surface area contributed by atoms with Crippen LogP contribution in [-0.4, -0.2) is 14.5 Å². The summed E-state index contributed by atoms with van der Waals surface area (Å²) in [6, 6.07) is 46.0. The maximum atomic E-state index is 5.38. The predicted molar refractivity (Wildman–Crippen MR) is 190 cm³/mol. The van der Waals surface area contributed by atoms with Crippen LogP contribution in [0.4, 0.5) is 0 Å². The number of rotatable bonds is 2. The van der Waals surface area contributed by atoms with Crippen LogP contribution in [0.5, 0.6) is 0 Å². The van der Waals surface area contributed by atoms with Gasteiger partial charge in [-0.05, 0) is 57.3 Å². The van der Waals surface area contributed by atoms with Crippen LogP contribution in [0.25, 0.3) is 81.2 Å². The summed E-state index contributed by atoms with van der Waals surface area (Å²) >= 11 is 1.78. The first-order valence-corrected chi connectivity index (χ1v) is 16.2. The van der Waals surface area contributed by atoms with Gasteiger partial charge in [0.25, 0.3) is 0 Å². The number of benzene rings is 6. The van der Waals surface area contributed by atoms with E-state index in [0.717, 1.165) is 32.9 Å². The van der Waals surface area contributed by atoms with Crippen molar-refractivity contribution in [2.75, 3.05) is 0 Å². The fraction of sp³-hybridized carbons (Fsp3) is 0.0732. The van der Waals surface area contributed by atoms with Crippen LogP contribution in [0.15, 0.2) is 127 Å². The first-order chi connectivity index (χ1) is 22.1. The van der Waals surface area contributed by atoms with Crippen LogP contribution in [0.1, 0.15) is 25.0 Å². The summed E-state index contributed by atoms with van der Waals surface area (Å²) in [5, 5.41) is 6.28. The highest BCUT2D eigenvalue weighted by molar-refractivity contribution is 7.26. The van der Waals surface area contributed by atoms with E-state index in [-0.39, 0.29) is 5.41 Å². The minimum atomic E-state index is -0.158.